The summed E-state index contributed by atoms with van der Waals surface area (Å²) < 4.78 is 5.65. The van der Waals surface area contributed by atoms with Crippen LogP contribution in [-0.4, -0.2) is 36.4 Å². The van der Waals surface area contributed by atoms with Gasteiger partial charge in [0.2, 0.25) is 11.8 Å². The van der Waals surface area contributed by atoms with Gasteiger partial charge in [-0.15, -0.1) is 0 Å². The van der Waals surface area contributed by atoms with Crippen LogP contribution >= 0.6 is 0 Å². The van der Waals surface area contributed by atoms with Gasteiger partial charge in [-0.05, 0) is 43.0 Å². The molecule has 1 atom stereocenters. The molecule has 2 amide bonds. The average Bonchev–Trinajstić information content (AvgIpc) is 2.89. The SMILES string of the molecule is Cc1ccc(C(NC(=O)C2CCN(C(=O)CCOc3ccccc3)CC2)c2ccccc2)cc1. The maximum Gasteiger partial charge on any atom is 0.225 e. The lowest BCUT2D eigenvalue weighted by molar-refractivity contribution is -0.136. The number of benzene rings is 3. The molecule has 1 unspecified atom stereocenters. The van der Waals surface area contributed by atoms with Crippen LogP contribution in [0, 0.1) is 12.8 Å². The van der Waals surface area contributed by atoms with Gasteiger partial charge in [0, 0.05) is 19.0 Å². The second-order valence-electron chi connectivity index (χ2n) is 8.83. The van der Waals surface area contributed by atoms with Crippen LogP contribution in [0.4, 0.5) is 0 Å². The molecular formula is C29H32N2O3. The number of nitrogens with zero attached hydrogens (tertiary/aromatic N) is 1. The van der Waals surface area contributed by atoms with E-state index in [0.29, 0.717) is 39.0 Å². The normalized spacial score (nSPS) is 14.9. The number of hydrogen-bond donors (Lipinski definition) is 1. The summed E-state index contributed by atoms with van der Waals surface area (Å²) in [6.45, 7) is 3.62. The summed E-state index contributed by atoms with van der Waals surface area (Å²) in [5.41, 5.74) is 3.31. The van der Waals surface area contributed by atoms with Crippen molar-refractivity contribution in [1.29, 1.82) is 0 Å². The first-order valence-corrected chi connectivity index (χ1v) is 12.0. The van der Waals surface area contributed by atoms with Gasteiger partial charge in [0.1, 0.15) is 5.75 Å². The Labute approximate surface area is 201 Å². The maximum absolute atomic E-state index is 13.2. The van der Waals surface area contributed by atoms with Crippen LogP contribution in [0.1, 0.15) is 42.0 Å². The third-order valence-electron chi connectivity index (χ3n) is 6.38. The molecule has 0 aromatic heterocycles. The first kappa shape index (κ1) is 23.6. The van der Waals surface area contributed by atoms with E-state index < -0.39 is 0 Å². The molecule has 34 heavy (non-hydrogen) atoms. The molecule has 0 aliphatic carbocycles. The fourth-order valence-electron chi connectivity index (χ4n) is 4.35. The number of carbonyl (C=O) groups excluding carboxylic acids is 2. The molecule has 5 heteroatoms. The Morgan fingerprint density at radius 3 is 2.12 bits per heavy atom. The standard InChI is InChI=1S/C29H32N2O3/c1-22-12-14-24(15-13-22)28(23-8-4-2-5-9-23)30-29(33)25-16-19-31(20-17-25)27(32)18-21-34-26-10-6-3-7-11-26/h2-15,25,28H,16-21H2,1H3,(H,30,33). The van der Waals surface area contributed by atoms with E-state index in [2.05, 4.69) is 36.5 Å². The topological polar surface area (TPSA) is 58.6 Å². The predicted octanol–water partition coefficient (Wildman–Crippen LogP) is 4.91. The Morgan fingerprint density at radius 1 is 0.882 bits per heavy atom. The Hall–Kier alpha value is -3.60. The second-order valence-corrected chi connectivity index (χ2v) is 8.83. The maximum atomic E-state index is 13.2. The summed E-state index contributed by atoms with van der Waals surface area (Å²) in [4.78, 5) is 27.6. The quantitative estimate of drug-likeness (QED) is 0.524. The Morgan fingerprint density at radius 2 is 1.47 bits per heavy atom. The smallest absolute Gasteiger partial charge is 0.225 e. The number of likely N-dealkylation sites (tertiary alicyclic amines) is 1. The zero-order chi connectivity index (χ0) is 23.8. The van der Waals surface area contributed by atoms with E-state index in [1.165, 1.54) is 5.56 Å². The minimum absolute atomic E-state index is 0.0499. The molecule has 0 radical (unpaired) electrons. The van der Waals surface area contributed by atoms with E-state index in [1.54, 1.807) is 0 Å². The van der Waals surface area contributed by atoms with Crippen molar-refractivity contribution in [2.45, 2.75) is 32.2 Å². The molecule has 1 aliphatic rings. The molecule has 1 N–H and O–H groups in total. The highest BCUT2D eigenvalue weighted by Gasteiger charge is 2.29. The number of aryl methyl sites for hydroxylation is 1. The highest BCUT2D eigenvalue weighted by atomic mass is 16.5. The average molecular weight is 457 g/mol. The lowest BCUT2D eigenvalue weighted by Gasteiger charge is -2.32. The van der Waals surface area contributed by atoms with E-state index in [9.17, 15) is 9.59 Å². The third-order valence-corrected chi connectivity index (χ3v) is 6.38. The van der Waals surface area contributed by atoms with Crippen LogP contribution in [-0.2, 0) is 9.59 Å². The number of para-hydroxylation sites is 1. The summed E-state index contributed by atoms with van der Waals surface area (Å²) in [5.74, 6) is 0.805. The van der Waals surface area contributed by atoms with Gasteiger partial charge in [-0.3, -0.25) is 9.59 Å². The van der Waals surface area contributed by atoms with Crippen LogP contribution in [0.5, 0.6) is 5.75 Å². The molecule has 1 saturated heterocycles. The number of ether oxygens (including phenoxy) is 1. The molecule has 0 bridgehead atoms. The Bertz CT molecular complexity index is 1060. The molecular weight excluding hydrogens is 424 g/mol. The zero-order valence-electron chi connectivity index (χ0n) is 19.7. The van der Waals surface area contributed by atoms with Crippen molar-refractivity contribution in [2.24, 2.45) is 5.92 Å². The van der Waals surface area contributed by atoms with Crippen molar-refractivity contribution in [3.8, 4) is 5.75 Å². The van der Waals surface area contributed by atoms with E-state index in [0.717, 1.165) is 16.9 Å². The van der Waals surface area contributed by atoms with E-state index in [-0.39, 0.29) is 23.8 Å². The van der Waals surface area contributed by atoms with Crippen molar-refractivity contribution < 1.29 is 14.3 Å². The predicted molar refractivity (Wildman–Crippen MR) is 133 cm³/mol. The van der Waals surface area contributed by atoms with Gasteiger partial charge in [-0.2, -0.15) is 0 Å². The fourth-order valence-corrected chi connectivity index (χ4v) is 4.35. The summed E-state index contributed by atoms with van der Waals surface area (Å²) in [5, 5.41) is 3.27. The lowest BCUT2D eigenvalue weighted by atomic mass is 9.93. The number of carbonyl (C=O) groups is 2. The summed E-state index contributed by atoms with van der Waals surface area (Å²) >= 11 is 0. The number of piperidine rings is 1. The number of rotatable bonds is 8. The molecule has 0 saturated carbocycles. The molecule has 176 valence electrons. The monoisotopic (exact) mass is 456 g/mol. The van der Waals surface area contributed by atoms with E-state index in [1.807, 2.05) is 65.6 Å². The number of hydrogen-bond acceptors (Lipinski definition) is 3. The minimum atomic E-state index is -0.191. The van der Waals surface area contributed by atoms with Gasteiger partial charge >= 0.3 is 0 Å². The summed E-state index contributed by atoms with van der Waals surface area (Å²) in [7, 11) is 0. The van der Waals surface area contributed by atoms with Gasteiger partial charge in [0.25, 0.3) is 0 Å². The van der Waals surface area contributed by atoms with Gasteiger partial charge in [0.15, 0.2) is 0 Å². The molecule has 4 rings (SSSR count). The van der Waals surface area contributed by atoms with Crippen molar-refractivity contribution in [3.63, 3.8) is 0 Å². The number of nitrogens with one attached hydrogen (secondary N) is 1. The molecule has 5 nitrogen and oxygen atoms in total. The van der Waals surface area contributed by atoms with Crippen molar-refractivity contribution in [1.82, 2.24) is 10.2 Å². The van der Waals surface area contributed by atoms with Crippen molar-refractivity contribution in [2.75, 3.05) is 19.7 Å². The Balaban J connectivity index is 1.30. The molecule has 0 spiro atoms. The first-order chi connectivity index (χ1) is 16.6. The highest BCUT2D eigenvalue weighted by Crippen LogP contribution is 2.25. The van der Waals surface area contributed by atoms with Crippen LogP contribution in [0.2, 0.25) is 0 Å². The van der Waals surface area contributed by atoms with Gasteiger partial charge in [-0.25, -0.2) is 0 Å². The van der Waals surface area contributed by atoms with Gasteiger partial charge < -0.3 is 15.0 Å². The van der Waals surface area contributed by atoms with Gasteiger partial charge in [0.05, 0.1) is 19.1 Å². The van der Waals surface area contributed by atoms with Crippen LogP contribution in [0.15, 0.2) is 84.9 Å². The molecule has 3 aromatic rings. The van der Waals surface area contributed by atoms with Crippen LogP contribution in [0.25, 0.3) is 0 Å². The molecule has 1 fully saturated rings. The summed E-state index contributed by atoms with van der Waals surface area (Å²) in [6, 6.07) is 27.7. The molecule has 3 aromatic carbocycles. The van der Waals surface area contributed by atoms with Crippen LogP contribution < -0.4 is 10.1 Å². The van der Waals surface area contributed by atoms with E-state index in [4.69, 9.17) is 4.74 Å². The third kappa shape index (κ3) is 6.25. The lowest BCUT2D eigenvalue weighted by Crippen LogP contribution is -2.44. The molecule has 1 aliphatic heterocycles. The summed E-state index contributed by atoms with van der Waals surface area (Å²) in [6.07, 6.45) is 1.69. The van der Waals surface area contributed by atoms with Crippen LogP contribution in [0.3, 0.4) is 0 Å². The van der Waals surface area contributed by atoms with Gasteiger partial charge in [-0.1, -0.05) is 78.4 Å². The first-order valence-electron chi connectivity index (χ1n) is 12.0. The highest BCUT2D eigenvalue weighted by molar-refractivity contribution is 5.81. The fraction of sp³-hybridized carbons (Fsp3) is 0.310. The van der Waals surface area contributed by atoms with Crippen molar-refractivity contribution >= 4 is 11.8 Å². The minimum Gasteiger partial charge on any atom is -0.493 e. The zero-order valence-corrected chi connectivity index (χ0v) is 19.7. The Kier molecular flexibility index (Phi) is 7.97. The molecule has 1 heterocycles. The number of amides is 2. The van der Waals surface area contributed by atoms with E-state index >= 15 is 0 Å². The van der Waals surface area contributed by atoms with Crippen molar-refractivity contribution in [3.05, 3.63) is 102 Å². The second kappa shape index (κ2) is 11.5. The largest absolute Gasteiger partial charge is 0.493 e.